The first-order valence-corrected chi connectivity index (χ1v) is 5.39. The third-order valence-electron chi connectivity index (χ3n) is 2.63. The summed E-state index contributed by atoms with van der Waals surface area (Å²) in [6.07, 6.45) is 2.54. The molecule has 0 amide bonds. The summed E-state index contributed by atoms with van der Waals surface area (Å²) in [5, 5.41) is 0. The van der Waals surface area contributed by atoms with Crippen molar-refractivity contribution in [1.29, 1.82) is 0 Å². The molecule has 0 spiro atoms. The van der Waals surface area contributed by atoms with E-state index >= 15 is 0 Å². The molecule has 3 nitrogen and oxygen atoms in total. The number of nitrogens with zero attached hydrogens (tertiary/aromatic N) is 2. The lowest BCUT2D eigenvalue weighted by atomic mass is 10.1. The van der Waals surface area contributed by atoms with Crippen molar-refractivity contribution in [3.63, 3.8) is 0 Å². The number of benzene rings is 1. The molecule has 0 aliphatic carbocycles. The van der Waals surface area contributed by atoms with Gasteiger partial charge in [-0.05, 0) is 18.9 Å². The average molecular weight is 213 g/mol. The Kier molecular flexibility index (Phi) is 2.86. The van der Waals surface area contributed by atoms with Gasteiger partial charge < -0.3 is 5.73 Å². The number of aromatic nitrogens is 2. The monoisotopic (exact) mass is 213 g/mol. The number of hydrogen-bond donors (Lipinski definition) is 1. The predicted molar refractivity (Wildman–Crippen MR) is 66.0 cm³/mol. The Balaban J connectivity index is 2.53. The minimum absolute atomic E-state index is 0.528. The van der Waals surface area contributed by atoms with Crippen LogP contribution in [-0.2, 0) is 6.42 Å². The van der Waals surface area contributed by atoms with Gasteiger partial charge in [0.1, 0.15) is 5.82 Å². The summed E-state index contributed by atoms with van der Waals surface area (Å²) < 4.78 is 0. The van der Waals surface area contributed by atoms with Gasteiger partial charge in [0.2, 0.25) is 0 Å². The molecular weight excluding hydrogens is 198 g/mol. The number of rotatable bonds is 2. The topological polar surface area (TPSA) is 51.8 Å². The highest BCUT2D eigenvalue weighted by Crippen LogP contribution is 2.21. The van der Waals surface area contributed by atoms with Crippen LogP contribution in [0.3, 0.4) is 0 Å². The van der Waals surface area contributed by atoms with Crippen LogP contribution in [0.2, 0.25) is 0 Å². The molecule has 2 aromatic rings. The van der Waals surface area contributed by atoms with Crippen LogP contribution >= 0.6 is 0 Å². The van der Waals surface area contributed by atoms with E-state index in [-0.39, 0.29) is 0 Å². The Bertz CT molecular complexity index is 506. The maximum atomic E-state index is 5.74. The summed E-state index contributed by atoms with van der Waals surface area (Å²) in [7, 11) is 0. The number of nitrogen functional groups attached to an aromatic ring is 1. The van der Waals surface area contributed by atoms with E-state index in [4.69, 9.17) is 5.73 Å². The van der Waals surface area contributed by atoms with Crippen LogP contribution in [-0.4, -0.2) is 9.97 Å². The van der Waals surface area contributed by atoms with Crippen molar-refractivity contribution < 1.29 is 0 Å². The molecule has 1 aromatic heterocycles. The first kappa shape index (κ1) is 10.6. The zero-order chi connectivity index (χ0) is 11.5. The largest absolute Gasteiger partial charge is 0.382 e. The van der Waals surface area contributed by atoms with E-state index in [1.807, 2.05) is 19.1 Å². The molecular formula is C13H15N3. The summed E-state index contributed by atoms with van der Waals surface area (Å²) >= 11 is 0. The lowest BCUT2D eigenvalue weighted by Crippen LogP contribution is -2.01. The quantitative estimate of drug-likeness (QED) is 0.834. The van der Waals surface area contributed by atoms with Crippen LogP contribution in [0.4, 0.5) is 5.82 Å². The predicted octanol–water partition coefficient (Wildman–Crippen LogP) is 2.60. The molecule has 0 fully saturated rings. The molecule has 1 aromatic carbocycles. The second kappa shape index (κ2) is 4.31. The Hall–Kier alpha value is -1.90. The fourth-order valence-corrected chi connectivity index (χ4v) is 1.69. The van der Waals surface area contributed by atoms with Gasteiger partial charge in [0, 0.05) is 5.56 Å². The SMILES string of the molecule is CCc1nc(-c2ccccc2C)cnc1N. The number of nitrogens with two attached hydrogens (primary N) is 1. The average Bonchev–Trinajstić information content (AvgIpc) is 2.31. The van der Waals surface area contributed by atoms with Crippen molar-refractivity contribution in [2.75, 3.05) is 5.73 Å². The first-order chi connectivity index (χ1) is 7.72. The minimum Gasteiger partial charge on any atom is -0.382 e. The molecule has 2 N–H and O–H groups in total. The van der Waals surface area contributed by atoms with E-state index in [9.17, 15) is 0 Å². The molecule has 1 heterocycles. The molecule has 82 valence electrons. The van der Waals surface area contributed by atoms with Crippen molar-refractivity contribution in [2.24, 2.45) is 0 Å². The fraction of sp³-hybridized carbons (Fsp3) is 0.231. The smallest absolute Gasteiger partial charge is 0.145 e. The van der Waals surface area contributed by atoms with E-state index in [1.165, 1.54) is 5.56 Å². The van der Waals surface area contributed by atoms with Gasteiger partial charge in [-0.15, -0.1) is 0 Å². The maximum absolute atomic E-state index is 5.74. The molecule has 0 saturated heterocycles. The Labute approximate surface area is 95.4 Å². The highest BCUT2D eigenvalue weighted by molar-refractivity contribution is 5.63. The zero-order valence-electron chi connectivity index (χ0n) is 9.57. The van der Waals surface area contributed by atoms with E-state index in [0.29, 0.717) is 5.82 Å². The van der Waals surface area contributed by atoms with Crippen molar-refractivity contribution in [1.82, 2.24) is 9.97 Å². The highest BCUT2D eigenvalue weighted by Gasteiger charge is 2.06. The van der Waals surface area contributed by atoms with E-state index in [2.05, 4.69) is 29.0 Å². The van der Waals surface area contributed by atoms with E-state index < -0.39 is 0 Å². The van der Waals surface area contributed by atoms with Gasteiger partial charge in [-0.3, -0.25) is 0 Å². The van der Waals surface area contributed by atoms with Crippen LogP contribution in [0, 0.1) is 6.92 Å². The molecule has 0 aliphatic heterocycles. The van der Waals surface area contributed by atoms with Gasteiger partial charge in [-0.2, -0.15) is 0 Å². The van der Waals surface area contributed by atoms with Crippen molar-refractivity contribution in [2.45, 2.75) is 20.3 Å². The van der Waals surface area contributed by atoms with Crippen LogP contribution < -0.4 is 5.73 Å². The molecule has 0 unspecified atom stereocenters. The first-order valence-electron chi connectivity index (χ1n) is 5.39. The third kappa shape index (κ3) is 1.89. The summed E-state index contributed by atoms with van der Waals surface area (Å²) in [6, 6.07) is 8.14. The van der Waals surface area contributed by atoms with Gasteiger partial charge in [0.05, 0.1) is 17.6 Å². The van der Waals surface area contributed by atoms with E-state index in [0.717, 1.165) is 23.4 Å². The van der Waals surface area contributed by atoms with Crippen LogP contribution in [0.15, 0.2) is 30.5 Å². The zero-order valence-corrected chi connectivity index (χ0v) is 9.57. The lowest BCUT2D eigenvalue weighted by Gasteiger charge is -2.07. The van der Waals surface area contributed by atoms with Gasteiger partial charge in [0.25, 0.3) is 0 Å². The molecule has 0 bridgehead atoms. The Morgan fingerprint density at radius 3 is 2.69 bits per heavy atom. The second-order valence-corrected chi connectivity index (χ2v) is 3.76. The minimum atomic E-state index is 0.528. The standard InChI is InChI=1S/C13H15N3/c1-3-11-13(14)15-8-12(16-11)10-7-5-4-6-9(10)2/h4-8H,3H2,1-2H3,(H2,14,15). The highest BCUT2D eigenvalue weighted by atomic mass is 14.9. The summed E-state index contributed by atoms with van der Waals surface area (Å²) in [6.45, 7) is 4.10. The van der Waals surface area contributed by atoms with Crippen molar-refractivity contribution in [3.05, 3.63) is 41.7 Å². The molecule has 3 heteroatoms. The summed E-state index contributed by atoms with van der Waals surface area (Å²) in [4.78, 5) is 8.72. The van der Waals surface area contributed by atoms with Gasteiger partial charge >= 0.3 is 0 Å². The van der Waals surface area contributed by atoms with Crippen LogP contribution in [0.25, 0.3) is 11.3 Å². The van der Waals surface area contributed by atoms with Crippen molar-refractivity contribution in [3.8, 4) is 11.3 Å². The number of hydrogen-bond acceptors (Lipinski definition) is 3. The molecule has 0 atom stereocenters. The Morgan fingerprint density at radius 2 is 2.00 bits per heavy atom. The molecule has 16 heavy (non-hydrogen) atoms. The fourth-order valence-electron chi connectivity index (χ4n) is 1.69. The third-order valence-corrected chi connectivity index (χ3v) is 2.63. The lowest BCUT2D eigenvalue weighted by molar-refractivity contribution is 1.01. The molecule has 0 saturated carbocycles. The van der Waals surface area contributed by atoms with Crippen LogP contribution in [0.1, 0.15) is 18.2 Å². The number of aryl methyl sites for hydroxylation is 2. The summed E-state index contributed by atoms with van der Waals surface area (Å²) in [5.74, 6) is 0.528. The van der Waals surface area contributed by atoms with E-state index in [1.54, 1.807) is 6.20 Å². The maximum Gasteiger partial charge on any atom is 0.145 e. The van der Waals surface area contributed by atoms with Gasteiger partial charge in [0.15, 0.2) is 0 Å². The summed E-state index contributed by atoms with van der Waals surface area (Å²) in [5.41, 5.74) is 9.81. The number of anilines is 1. The van der Waals surface area contributed by atoms with Gasteiger partial charge in [-0.1, -0.05) is 31.2 Å². The van der Waals surface area contributed by atoms with Crippen molar-refractivity contribution >= 4 is 5.82 Å². The molecule has 2 rings (SSSR count). The van der Waals surface area contributed by atoms with Crippen LogP contribution in [0.5, 0.6) is 0 Å². The van der Waals surface area contributed by atoms with Gasteiger partial charge in [-0.25, -0.2) is 9.97 Å². The molecule has 0 aliphatic rings. The molecule has 0 radical (unpaired) electrons. The normalized spacial score (nSPS) is 10.4. The second-order valence-electron chi connectivity index (χ2n) is 3.76. The Morgan fingerprint density at radius 1 is 1.25 bits per heavy atom.